The molecule has 0 atom stereocenters. The van der Waals surface area contributed by atoms with Gasteiger partial charge in [0.2, 0.25) is 15.9 Å². The van der Waals surface area contributed by atoms with Crippen molar-refractivity contribution < 1.29 is 13.2 Å². The van der Waals surface area contributed by atoms with Gasteiger partial charge in [-0.05, 0) is 62.9 Å². The van der Waals surface area contributed by atoms with Crippen LogP contribution in [0.2, 0.25) is 0 Å². The van der Waals surface area contributed by atoms with E-state index in [0.717, 1.165) is 33.5 Å². The molecule has 0 spiro atoms. The Labute approximate surface area is 162 Å². The fraction of sp³-hybridized carbons (Fsp3) is 0.381. The maximum atomic E-state index is 12.8. The van der Waals surface area contributed by atoms with Crippen molar-refractivity contribution in [2.75, 3.05) is 18.0 Å². The predicted octanol–water partition coefficient (Wildman–Crippen LogP) is 3.56. The van der Waals surface area contributed by atoms with E-state index in [-0.39, 0.29) is 19.0 Å². The fourth-order valence-electron chi connectivity index (χ4n) is 3.43. The van der Waals surface area contributed by atoms with Gasteiger partial charge in [-0.25, -0.2) is 13.1 Å². The molecule has 0 radical (unpaired) electrons. The number of hydrogen-bond acceptors (Lipinski definition) is 3. The maximum absolute atomic E-state index is 12.8. The first-order valence-electron chi connectivity index (χ1n) is 8.96. The second-order valence-corrected chi connectivity index (χ2v) is 8.72. The molecular weight excluding hydrogens is 360 g/mol. The third-order valence-corrected chi connectivity index (χ3v) is 6.51. The van der Waals surface area contributed by atoms with E-state index in [2.05, 4.69) is 4.72 Å². The molecule has 0 aliphatic carbocycles. The Balaban J connectivity index is 2.20. The van der Waals surface area contributed by atoms with Crippen LogP contribution >= 0.6 is 0 Å². The minimum atomic E-state index is -3.65. The third-order valence-electron chi connectivity index (χ3n) is 4.75. The Morgan fingerprint density at radius 3 is 2.15 bits per heavy atom. The molecule has 0 unspecified atom stereocenters. The highest BCUT2D eigenvalue weighted by molar-refractivity contribution is 7.89. The van der Waals surface area contributed by atoms with Crippen LogP contribution in [0.4, 0.5) is 5.69 Å². The number of amides is 1. The zero-order chi connectivity index (χ0) is 20.4. The molecule has 1 N–H and O–H groups in total. The Morgan fingerprint density at radius 2 is 1.59 bits per heavy atom. The molecule has 0 saturated carbocycles. The number of nitrogens with one attached hydrogen (secondary N) is 1. The number of carbonyl (C=O) groups is 1. The minimum Gasteiger partial charge on any atom is -0.311 e. The summed E-state index contributed by atoms with van der Waals surface area (Å²) in [6.07, 6.45) is 0. The molecule has 6 heteroatoms. The highest BCUT2D eigenvalue weighted by atomic mass is 32.2. The largest absolute Gasteiger partial charge is 0.311 e. The van der Waals surface area contributed by atoms with Gasteiger partial charge in [0.15, 0.2) is 0 Å². The molecule has 0 aromatic heterocycles. The monoisotopic (exact) mass is 388 g/mol. The van der Waals surface area contributed by atoms with Gasteiger partial charge in [-0.2, -0.15) is 0 Å². The van der Waals surface area contributed by atoms with E-state index in [0.29, 0.717) is 4.90 Å². The van der Waals surface area contributed by atoms with Crippen LogP contribution in [0.15, 0.2) is 35.2 Å². The summed E-state index contributed by atoms with van der Waals surface area (Å²) in [5.41, 5.74) is 5.38. The van der Waals surface area contributed by atoms with E-state index >= 15 is 0 Å². The first-order valence-corrected chi connectivity index (χ1v) is 10.4. The summed E-state index contributed by atoms with van der Waals surface area (Å²) < 4.78 is 28.2. The quantitative estimate of drug-likeness (QED) is 0.823. The number of rotatable bonds is 6. The summed E-state index contributed by atoms with van der Waals surface area (Å²) in [6, 6.07) is 9.49. The molecular formula is C21H28N2O3S. The zero-order valence-corrected chi connectivity index (χ0v) is 17.7. The number of sulfonamides is 1. The molecule has 2 aromatic rings. The van der Waals surface area contributed by atoms with Crippen molar-refractivity contribution in [3.05, 3.63) is 58.1 Å². The fourth-order valence-corrected chi connectivity index (χ4v) is 4.90. The summed E-state index contributed by atoms with van der Waals surface area (Å²) in [4.78, 5) is 14.1. The highest BCUT2D eigenvalue weighted by Gasteiger charge is 2.21. The second-order valence-electron chi connectivity index (χ2n) is 7.02. The van der Waals surface area contributed by atoms with Gasteiger partial charge in [-0.15, -0.1) is 0 Å². The van der Waals surface area contributed by atoms with Crippen molar-refractivity contribution in [1.29, 1.82) is 0 Å². The van der Waals surface area contributed by atoms with Crippen molar-refractivity contribution in [3.63, 3.8) is 0 Å². The Kier molecular flexibility index (Phi) is 6.44. The van der Waals surface area contributed by atoms with Crippen LogP contribution in [0.5, 0.6) is 0 Å². The molecule has 2 aromatic carbocycles. The first-order chi connectivity index (χ1) is 12.5. The van der Waals surface area contributed by atoms with Crippen molar-refractivity contribution in [3.8, 4) is 0 Å². The lowest BCUT2D eigenvalue weighted by molar-refractivity contribution is -0.116. The van der Waals surface area contributed by atoms with Gasteiger partial charge in [-0.3, -0.25) is 4.79 Å². The lowest BCUT2D eigenvalue weighted by Gasteiger charge is -2.24. The van der Waals surface area contributed by atoms with Gasteiger partial charge in [0, 0.05) is 25.7 Å². The molecule has 0 saturated heterocycles. The maximum Gasteiger partial charge on any atom is 0.241 e. The molecule has 0 fully saturated rings. The number of anilines is 1. The molecule has 0 aliphatic rings. The molecule has 0 heterocycles. The SMILES string of the molecule is CC(=O)N(CCNS(=O)(=O)c1c(C)cc(C)cc1C)c1cccc(C)c1C. The van der Waals surface area contributed by atoms with Crippen molar-refractivity contribution in [1.82, 2.24) is 4.72 Å². The van der Waals surface area contributed by atoms with E-state index in [1.165, 1.54) is 6.92 Å². The summed E-state index contributed by atoms with van der Waals surface area (Å²) in [5.74, 6) is -0.120. The number of carbonyl (C=O) groups excluding carboxylic acids is 1. The highest BCUT2D eigenvalue weighted by Crippen LogP contribution is 2.24. The van der Waals surface area contributed by atoms with E-state index in [1.807, 2.05) is 51.1 Å². The number of benzene rings is 2. The van der Waals surface area contributed by atoms with Gasteiger partial charge >= 0.3 is 0 Å². The molecule has 146 valence electrons. The number of aryl methyl sites for hydroxylation is 4. The smallest absolute Gasteiger partial charge is 0.241 e. The third kappa shape index (κ3) is 4.76. The van der Waals surface area contributed by atoms with Crippen molar-refractivity contribution in [2.24, 2.45) is 0 Å². The summed E-state index contributed by atoms with van der Waals surface area (Å²) in [6.45, 7) is 11.4. The minimum absolute atomic E-state index is 0.120. The van der Waals surface area contributed by atoms with Crippen LogP contribution in [0.1, 0.15) is 34.7 Å². The van der Waals surface area contributed by atoms with E-state index in [4.69, 9.17) is 0 Å². The zero-order valence-electron chi connectivity index (χ0n) is 16.9. The topological polar surface area (TPSA) is 66.5 Å². The first kappa shape index (κ1) is 21.1. The van der Waals surface area contributed by atoms with Gasteiger partial charge in [0.25, 0.3) is 0 Å². The predicted molar refractivity (Wildman–Crippen MR) is 110 cm³/mol. The van der Waals surface area contributed by atoms with Gasteiger partial charge < -0.3 is 4.90 Å². The van der Waals surface area contributed by atoms with Gasteiger partial charge in [0.1, 0.15) is 0 Å². The molecule has 1 amide bonds. The van der Waals surface area contributed by atoms with Gasteiger partial charge in [-0.1, -0.05) is 29.8 Å². The van der Waals surface area contributed by atoms with Crippen LogP contribution < -0.4 is 9.62 Å². The Bertz CT molecular complexity index is 942. The lowest BCUT2D eigenvalue weighted by atomic mass is 10.1. The Hall–Kier alpha value is -2.18. The number of nitrogens with zero attached hydrogens (tertiary/aromatic N) is 1. The molecule has 0 bridgehead atoms. The summed E-state index contributed by atoms with van der Waals surface area (Å²) in [7, 11) is -3.65. The van der Waals surface area contributed by atoms with Crippen LogP contribution in [0.25, 0.3) is 0 Å². The Morgan fingerprint density at radius 1 is 1.00 bits per heavy atom. The average molecular weight is 389 g/mol. The summed E-state index contributed by atoms with van der Waals surface area (Å²) >= 11 is 0. The van der Waals surface area contributed by atoms with Crippen LogP contribution in [-0.2, 0) is 14.8 Å². The van der Waals surface area contributed by atoms with Crippen molar-refractivity contribution >= 4 is 21.6 Å². The summed E-state index contributed by atoms with van der Waals surface area (Å²) in [5, 5.41) is 0. The van der Waals surface area contributed by atoms with Crippen LogP contribution in [0.3, 0.4) is 0 Å². The second kappa shape index (κ2) is 8.23. The lowest BCUT2D eigenvalue weighted by Crippen LogP contribution is -2.38. The van der Waals surface area contributed by atoms with Crippen LogP contribution in [-0.4, -0.2) is 27.4 Å². The van der Waals surface area contributed by atoms with E-state index in [1.54, 1.807) is 18.7 Å². The normalized spacial score (nSPS) is 11.5. The molecule has 27 heavy (non-hydrogen) atoms. The average Bonchev–Trinajstić information content (AvgIpc) is 2.53. The van der Waals surface area contributed by atoms with Crippen molar-refractivity contribution in [2.45, 2.75) is 46.4 Å². The molecule has 5 nitrogen and oxygen atoms in total. The van der Waals surface area contributed by atoms with E-state index < -0.39 is 10.0 Å². The standard InChI is InChI=1S/C21H28N2O3S/c1-14-12-16(3)21(17(4)13-14)27(25,26)22-10-11-23(19(6)24)20-9-7-8-15(2)18(20)5/h7-9,12-13,22H,10-11H2,1-6H3. The van der Waals surface area contributed by atoms with E-state index in [9.17, 15) is 13.2 Å². The van der Waals surface area contributed by atoms with Crippen LogP contribution in [0, 0.1) is 34.6 Å². The number of hydrogen-bond donors (Lipinski definition) is 1. The molecule has 0 aliphatic heterocycles. The molecule has 2 rings (SSSR count). The van der Waals surface area contributed by atoms with Gasteiger partial charge in [0.05, 0.1) is 4.90 Å².